The van der Waals surface area contributed by atoms with Crippen molar-refractivity contribution in [2.75, 3.05) is 25.1 Å². The zero-order valence-corrected chi connectivity index (χ0v) is 9.33. The topological polar surface area (TPSA) is 21.3 Å². The summed E-state index contributed by atoms with van der Waals surface area (Å²) in [6.45, 7) is 2.94. The molecule has 0 amide bonds. The van der Waals surface area contributed by atoms with Gasteiger partial charge in [0.1, 0.15) is 7.85 Å². The van der Waals surface area contributed by atoms with Gasteiger partial charge in [0, 0.05) is 25.4 Å². The van der Waals surface area contributed by atoms with Crippen molar-refractivity contribution in [2.45, 2.75) is 12.8 Å². The van der Waals surface area contributed by atoms with Gasteiger partial charge in [-0.05, 0) is 30.9 Å². The van der Waals surface area contributed by atoms with Crippen LogP contribution >= 0.6 is 0 Å². The van der Waals surface area contributed by atoms with E-state index in [2.05, 4.69) is 37.4 Å². The molecule has 1 aromatic rings. The molecule has 2 nitrogen and oxygen atoms in total. The molecule has 0 spiro atoms. The van der Waals surface area contributed by atoms with Gasteiger partial charge in [-0.2, -0.15) is 0 Å². The highest BCUT2D eigenvalue weighted by atomic mass is 16.5. The maximum absolute atomic E-state index is 5.34. The average Bonchev–Trinajstić information content (AvgIpc) is 2.30. The minimum Gasteiger partial charge on any atom is -0.385 e. The van der Waals surface area contributed by atoms with Gasteiger partial charge >= 0.3 is 0 Å². The molecular formula is C12H18BNO. The summed E-state index contributed by atoms with van der Waals surface area (Å²) < 4.78 is 5.34. The third-order valence-corrected chi connectivity index (χ3v) is 2.99. The van der Waals surface area contributed by atoms with Crippen LogP contribution in [0.3, 0.4) is 0 Å². The van der Waals surface area contributed by atoms with E-state index in [-0.39, 0.29) is 0 Å². The van der Waals surface area contributed by atoms with E-state index in [1.165, 1.54) is 24.0 Å². The molecule has 1 heterocycles. The van der Waals surface area contributed by atoms with E-state index in [9.17, 15) is 0 Å². The van der Waals surface area contributed by atoms with Gasteiger partial charge in [0.2, 0.25) is 0 Å². The number of hydrogen-bond acceptors (Lipinski definition) is 2. The molecule has 0 unspecified atom stereocenters. The minimum atomic E-state index is 0.778. The van der Waals surface area contributed by atoms with E-state index >= 15 is 0 Å². The Balaban J connectivity index is 1.79. The van der Waals surface area contributed by atoms with Crippen LogP contribution in [0.2, 0.25) is 0 Å². The second kappa shape index (κ2) is 5.22. The van der Waals surface area contributed by atoms with E-state index in [4.69, 9.17) is 4.74 Å². The fourth-order valence-electron chi connectivity index (χ4n) is 1.88. The molecule has 0 aliphatic carbocycles. The van der Waals surface area contributed by atoms with Gasteiger partial charge in [0.15, 0.2) is 0 Å². The third-order valence-electron chi connectivity index (χ3n) is 2.99. The second-order valence-corrected chi connectivity index (χ2v) is 4.30. The summed E-state index contributed by atoms with van der Waals surface area (Å²) in [6, 6.07) is 8.59. The van der Waals surface area contributed by atoms with Crippen molar-refractivity contribution < 1.29 is 4.74 Å². The number of anilines is 1. The standard InChI is InChI=1S/C12H18BNO/c13-11-1-3-12(4-2-11)14-9-10-5-7-15-8-6-10/h1-4,10,14H,5-9,13H2. The minimum absolute atomic E-state index is 0.778. The predicted molar refractivity (Wildman–Crippen MR) is 66.7 cm³/mol. The summed E-state index contributed by atoms with van der Waals surface area (Å²) in [5.74, 6) is 0.778. The predicted octanol–water partition coefficient (Wildman–Crippen LogP) is 0.783. The van der Waals surface area contributed by atoms with Crippen LogP contribution in [0, 0.1) is 5.92 Å². The summed E-state index contributed by atoms with van der Waals surface area (Å²) >= 11 is 0. The molecule has 2 rings (SSSR count). The summed E-state index contributed by atoms with van der Waals surface area (Å²) in [6.07, 6.45) is 2.39. The maximum atomic E-state index is 5.34. The lowest BCUT2D eigenvalue weighted by atomic mass is 9.96. The van der Waals surface area contributed by atoms with Gasteiger partial charge in [0.25, 0.3) is 0 Å². The van der Waals surface area contributed by atoms with Crippen LogP contribution in [0.15, 0.2) is 24.3 Å². The summed E-state index contributed by atoms with van der Waals surface area (Å²) in [5, 5.41) is 3.49. The Hall–Kier alpha value is -0.955. The number of nitrogens with one attached hydrogen (secondary N) is 1. The second-order valence-electron chi connectivity index (χ2n) is 4.30. The van der Waals surface area contributed by atoms with Gasteiger partial charge in [-0.25, -0.2) is 0 Å². The molecule has 15 heavy (non-hydrogen) atoms. The highest BCUT2D eigenvalue weighted by Crippen LogP contribution is 2.15. The first-order valence-electron chi connectivity index (χ1n) is 5.73. The molecule has 1 fully saturated rings. The largest absolute Gasteiger partial charge is 0.385 e. The highest BCUT2D eigenvalue weighted by Gasteiger charge is 2.12. The molecule has 3 heteroatoms. The Labute approximate surface area is 92.4 Å². The molecular weight excluding hydrogens is 185 g/mol. The number of rotatable bonds is 3. The van der Waals surface area contributed by atoms with E-state index < -0.39 is 0 Å². The van der Waals surface area contributed by atoms with Gasteiger partial charge in [-0.15, -0.1) is 0 Å². The van der Waals surface area contributed by atoms with E-state index in [0.29, 0.717) is 0 Å². The molecule has 1 aliphatic heterocycles. The van der Waals surface area contributed by atoms with E-state index in [1.54, 1.807) is 0 Å². The van der Waals surface area contributed by atoms with Crippen LogP contribution in [0.1, 0.15) is 12.8 Å². The van der Waals surface area contributed by atoms with Crippen molar-refractivity contribution in [3.05, 3.63) is 24.3 Å². The first-order chi connectivity index (χ1) is 7.34. The maximum Gasteiger partial charge on any atom is 0.139 e. The summed E-state index contributed by atoms with van der Waals surface area (Å²) in [7, 11) is 2.11. The van der Waals surface area contributed by atoms with E-state index in [1.807, 2.05) is 0 Å². The molecule has 0 atom stereocenters. The van der Waals surface area contributed by atoms with Crippen LogP contribution in [-0.4, -0.2) is 27.6 Å². The van der Waals surface area contributed by atoms with Gasteiger partial charge in [-0.1, -0.05) is 17.6 Å². The lowest BCUT2D eigenvalue weighted by Crippen LogP contribution is -2.22. The molecule has 0 radical (unpaired) electrons. The Morgan fingerprint density at radius 3 is 2.53 bits per heavy atom. The Morgan fingerprint density at radius 2 is 1.87 bits per heavy atom. The van der Waals surface area contributed by atoms with Crippen LogP contribution < -0.4 is 10.8 Å². The zero-order chi connectivity index (χ0) is 10.5. The van der Waals surface area contributed by atoms with Crippen molar-refractivity contribution in [3.8, 4) is 0 Å². The van der Waals surface area contributed by atoms with Crippen LogP contribution in [0.4, 0.5) is 5.69 Å². The van der Waals surface area contributed by atoms with Gasteiger partial charge < -0.3 is 10.1 Å². The molecule has 80 valence electrons. The SMILES string of the molecule is Bc1ccc(NCC2CCOCC2)cc1. The van der Waals surface area contributed by atoms with Crippen molar-refractivity contribution in [1.29, 1.82) is 0 Å². The summed E-state index contributed by atoms with van der Waals surface area (Å²) in [4.78, 5) is 0. The zero-order valence-electron chi connectivity index (χ0n) is 9.33. The molecule has 1 N–H and O–H groups in total. The number of hydrogen-bond donors (Lipinski definition) is 1. The van der Waals surface area contributed by atoms with Gasteiger partial charge in [0.05, 0.1) is 0 Å². The normalized spacial score (nSPS) is 17.6. The lowest BCUT2D eigenvalue weighted by molar-refractivity contribution is 0.0699. The van der Waals surface area contributed by atoms with Crippen molar-refractivity contribution >= 4 is 19.0 Å². The van der Waals surface area contributed by atoms with Crippen LogP contribution in [-0.2, 0) is 4.74 Å². The lowest BCUT2D eigenvalue weighted by Gasteiger charge is -2.22. The fourth-order valence-corrected chi connectivity index (χ4v) is 1.88. The molecule has 0 bridgehead atoms. The Kier molecular flexibility index (Phi) is 3.67. The highest BCUT2D eigenvalue weighted by molar-refractivity contribution is 6.32. The van der Waals surface area contributed by atoms with Gasteiger partial charge in [-0.3, -0.25) is 0 Å². The first kappa shape index (κ1) is 10.6. The number of benzene rings is 1. The monoisotopic (exact) mass is 203 g/mol. The third kappa shape index (κ3) is 3.27. The molecule has 1 aliphatic rings. The summed E-state index contributed by atoms with van der Waals surface area (Å²) in [5.41, 5.74) is 2.54. The average molecular weight is 203 g/mol. The molecule has 0 aromatic heterocycles. The number of ether oxygens (including phenoxy) is 1. The van der Waals surface area contributed by atoms with E-state index in [0.717, 1.165) is 25.7 Å². The first-order valence-corrected chi connectivity index (χ1v) is 5.73. The molecule has 0 saturated carbocycles. The molecule has 1 aromatic carbocycles. The Bertz CT molecular complexity index is 293. The van der Waals surface area contributed by atoms with Crippen LogP contribution in [0.25, 0.3) is 0 Å². The molecule has 1 saturated heterocycles. The van der Waals surface area contributed by atoms with Crippen molar-refractivity contribution in [2.24, 2.45) is 5.92 Å². The van der Waals surface area contributed by atoms with Crippen molar-refractivity contribution in [3.63, 3.8) is 0 Å². The fraction of sp³-hybridized carbons (Fsp3) is 0.500. The quantitative estimate of drug-likeness (QED) is 0.733. The Morgan fingerprint density at radius 1 is 1.20 bits per heavy atom. The van der Waals surface area contributed by atoms with Crippen molar-refractivity contribution in [1.82, 2.24) is 0 Å². The van der Waals surface area contributed by atoms with Crippen LogP contribution in [0.5, 0.6) is 0 Å². The smallest absolute Gasteiger partial charge is 0.139 e.